The van der Waals surface area contributed by atoms with Gasteiger partial charge < -0.3 is 14.5 Å². The predicted molar refractivity (Wildman–Crippen MR) is 109 cm³/mol. The number of amides is 1. The second kappa shape index (κ2) is 9.23. The van der Waals surface area contributed by atoms with Gasteiger partial charge in [-0.05, 0) is 37.6 Å². The molecule has 0 spiro atoms. The monoisotopic (exact) mass is 423 g/mol. The van der Waals surface area contributed by atoms with Crippen LogP contribution in [0, 0.1) is 5.92 Å². The number of rotatable bonds is 5. The Bertz CT molecular complexity index is 824. The fourth-order valence-electron chi connectivity index (χ4n) is 3.78. The van der Waals surface area contributed by atoms with Crippen LogP contribution in [0.2, 0.25) is 0 Å². The molecule has 0 atom stereocenters. The van der Waals surface area contributed by atoms with E-state index in [1.54, 1.807) is 29.2 Å². The van der Waals surface area contributed by atoms with E-state index in [2.05, 4.69) is 4.90 Å². The van der Waals surface area contributed by atoms with Crippen LogP contribution < -0.4 is 0 Å². The van der Waals surface area contributed by atoms with Crippen LogP contribution >= 0.6 is 0 Å². The fourth-order valence-corrected chi connectivity index (χ4v) is 5.30. The molecule has 0 bridgehead atoms. The summed E-state index contributed by atoms with van der Waals surface area (Å²) in [6.07, 6.45) is 1.19. The van der Waals surface area contributed by atoms with E-state index >= 15 is 0 Å². The lowest BCUT2D eigenvalue weighted by molar-refractivity contribution is -0.146. The maximum absolute atomic E-state index is 12.7. The Hall–Kier alpha value is -1.97. The van der Waals surface area contributed by atoms with Gasteiger partial charge in [0.05, 0.1) is 18.8 Å². The molecule has 2 saturated heterocycles. The fraction of sp³-hybridized carbons (Fsp3) is 0.600. The van der Waals surface area contributed by atoms with Crippen molar-refractivity contribution in [1.82, 2.24) is 14.1 Å². The van der Waals surface area contributed by atoms with Gasteiger partial charge >= 0.3 is 5.97 Å². The number of likely N-dealkylation sites (N-methyl/N-ethyl adjacent to an activating group) is 1. The number of hydrogen-bond acceptors (Lipinski definition) is 6. The van der Waals surface area contributed by atoms with E-state index in [0.717, 1.165) is 13.1 Å². The molecule has 3 rings (SSSR count). The average Bonchev–Trinajstić information content (AvgIpc) is 2.73. The number of nitrogens with zero attached hydrogens (tertiary/aromatic N) is 3. The third kappa shape index (κ3) is 5.34. The molecule has 2 heterocycles. The van der Waals surface area contributed by atoms with Crippen LogP contribution in [0.3, 0.4) is 0 Å². The van der Waals surface area contributed by atoms with Gasteiger partial charge in [-0.3, -0.25) is 9.59 Å². The van der Waals surface area contributed by atoms with Crippen molar-refractivity contribution in [2.45, 2.75) is 18.6 Å². The predicted octanol–water partition coefficient (Wildman–Crippen LogP) is 0.789. The van der Waals surface area contributed by atoms with Crippen LogP contribution in [0.5, 0.6) is 0 Å². The number of likely N-dealkylation sites (tertiary alicyclic amines) is 1. The highest BCUT2D eigenvalue weighted by Gasteiger charge is 2.29. The molecule has 0 N–H and O–H groups in total. The van der Waals surface area contributed by atoms with E-state index in [-0.39, 0.29) is 23.5 Å². The molecule has 29 heavy (non-hydrogen) atoms. The Morgan fingerprint density at radius 2 is 1.59 bits per heavy atom. The lowest BCUT2D eigenvalue weighted by Gasteiger charge is -2.31. The van der Waals surface area contributed by atoms with E-state index in [0.29, 0.717) is 50.1 Å². The van der Waals surface area contributed by atoms with Gasteiger partial charge in [0.1, 0.15) is 0 Å². The highest BCUT2D eigenvalue weighted by Crippen LogP contribution is 2.21. The van der Waals surface area contributed by atoms with Crippen molar-refractivity contribution in [3.63, 3.8) is 0 Å². The summed E-state index contributed by atoms with van der Waals surface area (Å²) in [6.45, 7) is 3.52. The first-order valence-corrected chi connectivity index (χ1v) is 11.5. The molecule has 1 aromatic rings. The second-order valence-corrected chi connectivity index (χ2v) is 9.71. The minimum atomic E-state index is -3.36. The number of piperidine rings is 1. The van der Waals surface area contributed by atoms with Gasteiger partial charge in [-0.15, -0.1) is 0 Å². The van der Waals surface area contributed by atoms with Crippen molar-refractivity contribution in [2.24, 2.45) is 5.92 Å². The number of ether oxygens (including phenoxy) is 1. The van der Waals surface area contributed by atoms with Crippen molar-refractivity contribution >= 4 is 21.9 Å². The molecular weight excluding hydrogens is 394 g/mol. The Labute approximate surface area is 172 Å². The zero-order valence-electron chi connectivity index (χ0n) is 17.0. The first kappa shape index (κ1) is 21.7. The molecule has 0 saturated carbocycles. The van der Waals surface area contributed by atoms with Crippen LogP contribution in [-0.2, 0) is 25.3 Å². The van der Waals surface area contributed by atoms with Crippen LogP contribution in [0.1, 0.15) is 28.8 Å². The molecule has 9 heteroatoms. The van der Waals surface area contributed by atoms with Crippen molar-refractivity contribution in [1.29, 1.82) is 0 Å². The molecule has 0 aromatic heterocycles. The number of methoxy groups -OCH3 is 1. The Morgan fingerprint density at radius 1 is 1.00 bits per heavy atom. The highest BCUT2D eigenvalue weighted by molar-refractivity contribution is 7.88. The standard InChI is InChI=1S/C20H29N3O5S/c1-21-11-13-23(14-12-21)29(26,27)15-16-3-5-17(6-4-16)19(24)22-9-7-18(8-10-22)20(25)28-2/h3-6,18H,7-15H2,1-2H3. The van der Waals surface area contributed by atoms with Crippen LogP contribution in [0.4, 0.5) is 0 Å². The van der Waals surface area contributed by atoms with Gasteiger partial charge in [0, 0.05) is 44.8 Å². The second-order valence-electron chi connectivity index (χ2n) is 7.75. The molecule has 0 unspecified atom stereocenters. The van der Waals surface area contributed by atoms with Crippen molar-refractivity contribution in [2.75, 3.05) is 53.4 Å². The quantitative estimate of drug-likeness (QED) is 0.651. The molecule has 0 radical (unpaired) electrons. The zero-order chi connectivity index (χ0) is 21.0. The summed E-state index contributed by atoms with van der Waals surface area (Å²) in [5.41, 5.74) is 1.20. The molecule has 2 fully saturated rings. The lowest BCUT2D eigenvalue weighted by Crippen LogP contribution is -2.47. The minimum absolute atomic E-state index is 0.0598. The molecule has 0 aliphatic carbocycles. The third-order valence-corrected chi connectivity index (χ3v) is 7.57. The maximum atomic E-state index is 12.7. The van der Waals surface area contributed by atoms with Gasteiger partial charge in [-0.2, -0.15) is 4.31 Å². The van der Waals surface area contributed by atoms with Gasteiger partial charge in [0.15, 0.2) is 0 Å². The maximum Gasteiger partial charge on any atom is 0.308 e. The van der Waals surface area contributed by atoms with E-state index in [9.17, 15) is 18.0 Å². The average molecular weight is 424 g/mol. The van der Waals surface area contributed by atoms with Crippen molar-refractivity contribution in [3.8, 4) is 0 Å². The molecule has 8 nitrogen and oxygen atoms in total. The summed E-state index contributed by atoms with van der Waals surface area (Å²) < 4.78 is 31.6. The largest absolute Gasteiger partial charge is 0.469 e. The minimum Gasteiger partial charge on any atom is -0.469 e. The number of hydrogen-bond donors (Lipinski definition) is 0. The van der Waals surface area contributed by atoms with E-state index in [1.165, 1.54) is 11.4 Å². The van der Waals surface area contributed by atoms with Gasteiger partial charge in [0.2, 0.25) is 10.0 Å². The summed E-state index contributed by atoms with van der Waals surface area (Å²) in [7, 11) is 0.00135. The van der Waals surface area contributed by atoms with E-state index in [1.807, 2.05) is 7.05 Å². The Morgan fingerprint density at radius 3 is 2.14 bits per heavy atom. The molecule has 2 aliphatic heterocycles. The highest BCUT2D eigenvalue weighted by atomic mass is 32.2. The Balaban J connectivity index is 1.57. The van der Waals surface area contributed by atoms with Crippen LogP contribution in [0.25, 0.3) is 0 Å². The van der Waals surface area contributed by atoms with Crippen molar-refractivity contribution < 1.29 is 22.7 Å². The number of sulfonamides is 1. The number of carbonyl (C=O) groups excluding carboxylic acids is 2. The SMILES string of the molecule is COC(=O)C1CCN(C(=O)c2ccc(CS(=O)(=O)N3CCN(C)CC3)cc2)CC1. The zero-order valence-corrected chi connectivity index (χ0v) is 17.9. The number of esters is 1. The van der Waals surface area contributed by atoms with Crippen molar-refractivity contribution in [3.05, 3.63) is 35.4 Å². The number of benzene rings is 1. The molecule has 1 amide bonds. The summed E-state index contributed by atoms with van der Waals surface area (Å²) in [6, 6.07) is 6.79. The third-order valence-electron chi connectivity index (χ3n) is 5.72. The van der Waals surface area contributed by atoms with E-state index in [4.69, 9.17) is 4.74 Å². The lowest BCUT2D eigenvalue weighted by atomic mass is 9.96. The summed E-state index contributed by atoms with van der Waals surface area (Å²) in [5, 5.41) is 0. The smallest absolute Gasteiger partial charge is 0.308 e. The normalized spacial score (nSPS) is 19.9. The molecule has 1 aromatic carbocycles. The summed E-state index contributed by atoms with van der Waals surface area (Å²) in [4.78, 5) is 28.2. The van der Waals surface area contributed by atoms with Crippen LogP contribution in [0.15, 0.2) is 24.3 Å². The van der Waals surface area contributed by atoms with Crippen LogP contribution in [-0.4, -0.2) is 87.8 Å². The molecular formula is C20H29N3O5S. The van der Waals surface area contributed by atoms with Gasteiger partial charge in [-0.25, -0.2) is 8.42 Å². The summed E-state index contributed by atoms with van der Waals surface area (Å²) in [5.74, 6) is -0.522. The van der Waals surface area contributed by atoms with E-state index < -0.39 is 10.0 Å². The van der Waals surface area contributed by atoms with Gasteiger partial charge in [-0.1, -0.05) is 12.1 Å². The van der Waals surface area contributed by atoms with Gasteiger partial charge in [0.25, 0.3) is 5.91 Å². The number of piperazine rings is 1. The Kier molecular flexibility index (Phi) is 6.92. The first-order chi connectivity index (χ1) is 13.8. The topological polar surface area (TPSA) is 87.2 Å². The summed E-state index contributed by atoms with van der Waals surface area (Å²) >= 11 is 0. The molecule has 2 aliphatic rings. The first-order valence-electron chi connectivity index (χ1n) is 9.92. The molecule has 160 valence electrons. The number of carbonyl (C=O) groups is 2.